The Morgan fingerprint density at radius 1 is 1.44 bits per heavy atom. The van der Waals surface area contributed by atoms with Gasteiger partial charge in [0.05, 0.1) is 13.2 Å². The van der Waals surface area contributed by atoms with Crippen molar-refractivity contribution in [1.29, 1.82) is 0 Å². The monoisotopic (exact) mass is 257 g/mol. The molecule has 0 spiro atoms. The van der Waals surface area contributed by atoms with Crippen LogP contribution in [0.25, 0.3) is 0 Å². The number of nitrogens with two attached hydrogens (primary N) is 1. The predicted octanol–water partition coefficient (Wildman–Crippen LogP) is 1.65. The molecular weight excluding hydrogens is 230 g/mol. The molecule has 0 aliphatic heterocycles. The lowest BCUT2D eigenvalue weighted by Crippen LogP contribution is -2.42. The lowest BCUT2D eigenvalue weighted by atomic mass is 10.2. The highest BCUT2D eigenvalue weighted by Gasteiger charge is 2.23. The van der Waals surface area contributed by atoms with Gasteiger partial charge in [-0.15, -0.1) is 0 Å². The zero-order chi connectivity index (χ0) is 13.4. The fourth-order valence-corrected chi connectivity index (χ4v) is 2.40. The number of rotatable bonds is 8. The topological polar surface area (TPSA) is 71.1 Å². The maximum atomic E-state index is 8.68. The van der Waals surface area contributed by atoms with Crippen LogP contribution < -0.4 is 5.73 Å². The SMILES string of the molecule is CC(C)COCCN(CC(N)=NO)C1CCCC1. The summed E-state index contributed by atoms with van der Waals surface area (Å²) in [6.45, 7) is 7.19. The first-order valence-electron chi connectivity index (χ1n) is 6.91. The molecule has 0 unspecified atom stereocenters. The van der Waals surface area contributed by atoms with Gasteiger partial charge in [0.15, 0.2) is 5.84 Å². The van der Waals surface area contributed by atoms with Crippen molar-refractivity contribution >= 4 is 5.84 Å². The molecule has 1 rings (SSSR count). The summed E-state index contributed by atoms with van der Waals surface area (Å²) in [6, 6.07) is 0.563. The first-order valence-corrected chi connectivity index (χ1v) is 6.91. The van der Waals surface area contributed by atoms with Crippen LogP contribution >= 0.6 is 0 Å². The van der Waals surface area contributed by atoms with Crippen LogP contribution in [0.4, 0.5) is 0 Å². The molecule has 0 aromatic carbocycles. The minimum atomic E-state index is 0.283. The zero-order valence-corrected chi connectivity index (χ0v) is 11.6. The molecule has 5 nitrogen and oxygen atoms in total. The van der Waals surface area contributed by atoms with Crippen molar-refractivity contribution in [3.63, 3.8) is 0 Å². The van der Waals surface area contributed by atoms with Gasteiger partial charge in [-0.1, -0.05) is 31.8 Å². The van der Waals surface area contributed by atoms with E-state index in [-0.39, 0.29) is 5.84 Å². The molecule has 0 aromatic rings. The molecule has 0 aromatic heterocycles. The minimum absolute atomic E-state index is 0.283. The molecular formula is C13H27N3O2. The van der Waals surface area contributed by atoms with Crippen molar-refractivity contribution in [2.24, 2.45) is 16.8 Å². The van der Waals surface area contributed by atoms with Crippen molar-refractivity contribution in [1.82, 2.24) is 4.90 Å². The molecule has 0 amide bonds. The second kappa shape index (κ2) is 8.32. The van der Waals surface area contributed by atoms with E-state index in [1.165, 1.54) is 25.7 Å². The van der Waals surface area contributed by atoms with Crippen molar-refractivity contribution in [2.45, 2.75) is 45.6 Å². The van der Waals surface area contributed by atoms with E-state index < -0.39 is 0 Å². The number of hydrogen-bond donors (Lipinski definition) is 2. The molecule has 106 valence electrons. The van der Waals surface area contributed by atoms with E-state index in [1.807, 2.05) is 0 Å². The standard InChI is InChI=1S/C13H27N3O2/c1-11(2)10-18-8-7-16(9-13(14)15-17)12-5-3-4-6-12/h11-12,17H,3-10H2,1-2H3,(H2,14,15). The van der Waals surface area contributed by atoms with Crippen LogP contribution in [0.5, 0.6) is 0 Å². The van der Waals surface area contributed by atoms with E-state index in [4.69, 9.17) is 15.7 Å². The van der Waals surface area contributed by atoms with Gasteiger partial charge >= 0.3 is 0 Å². The van der Waals surface area contributed by atoms with Gasteiger partial charge in [0.2, 0.25) is 0 Å². The average Bonchev–Trinajstić information content (AvgIpc) is 2.86. The van der Waals surface area contributed by atoms with Crippen LogP contribution in [0, 0.1) is 5.92 Å². The molecule has 1 fully saturated rings. The highest BCUT2D eigenvalue weighted by atomic mass is 16.5. The summed E-state index contributed by atoms with van der Waals surface area (Å²) in [5.41, 5.74) is 5.61. The van der Waals surface area contributed by atoms with E-state index >= 15 is 0 Å². The van der Waals surface area contributed by atoms with Crippen molar-refractivity contribution in [3.05, 3.63) is 0 Å². The van der Waals surface area contributed by atoms with E-state index in [2.05, 4.69) is 23.9 Å². The highest BCUT2D eigenvalue weighted by Crippen LogP contribution is 2.23. The van der Waals surface area contributed by atoms with Gasteiger partial charge in [-0.2, -0.15) is 0 Å². The summed E-state index contributed by atoms with van der Waals surface area (Å²) in [7, 11) is 0. The largest absolute Gasteiger partial charge is 0.409 e. The second-order valence-electron chi connectivity index (χ2n) is 5.47. The molecule has 0 heterocycles. The van der Waals surface area contributed by atoms with Gasteiger partial charge in [0.25, 0.3) is 0 Å². The van der Waals surface area contributed by atoms with Crippen molar-refractivity contribution in [2.75, 3.05) is 26.3 Å². The average molecular weight is 257 g/mol. The Kier molecular flexibility index (Phi) is 7.05. The molecule has 1 aliphatic rings. The second-order valence-corrected chi connectivity index (χ2v) is 5.47. The molecule has 1 aliphatic carbocycles. The molecule has 0 atom stereocenters. The Morgan fingerprint density at radius 2 is 2.11 bits per heavy atom. The van der Waals surface area contributed by atoms with E-state index in [9.17, 15) is 0 Å². The fourth-order valence-electron chi connectivity index (χ4n) is 2.40. The van der Waals surface area contributed by atoms with Crippen molar-refractivity contribution in [3.8, 4) is 0 Å². The van der Waals surface area contributed by atoms with Gasteiger partial charge in [-0.3, -0.25) is 4.90 Å². The van der Waals surface area contributed by atoms with Crippen LogP contribution in [0.2, 0.25) is 0 Å². The van der Waals surface area contributed by atoms with Gasteiger partial charge in [-0.25, -0.2) is 0 Å². The highest BCUT2D eigenvalue weighted by molar-refractivity contribution is 5.81. The van der Waals surface area contributed by atoms with E-state index in [0.29, 0.717) is 25.1 Å². The summed E-state index contributed by atoms with van der Waals surface area (Å²) in [5.74, 6) is 0.847. The summed E-state index contributed by atoms with van der Waals surface area (Å²) >= 11 is 0. The molecule has 3 N–H and O–H groups in total. The van der Waals surface area contributed by atoms with Gasteiger partial charge < -0.3 is 15.7 Å². The number of amidine groups is 1. The summed E-state index contributed by atoms with van der Waals surface area (Å²) in [5, 5.41) is 11.7. The quantitative estimate of drug-likeness (QED) is 0.228. The van der Waals surface area contributed by atoms with Crippen molar-refractivity contribution < 1.29 is 9.94 Å². The van der Waals surface area contributed by atoms with Crippen LogP contribution in [-0.4, -0.2) is 48.3 Å². The van der Waals surface area contributed by atoms with Crippen LogP contribution in [0.1, 0.15) is 39.5 Å². The van der Waals surface area contributed by atoms with Gasteiger partial charge in [-0.05, 0) is 18.8 Å². The normalized spacial score (nSPS) is 18.1. The maximum absolute atomic E-state index is 8.68. The first kappa shape index (κ1) is 15.2. The van der Waals surface area contributed by atoms with Crippen LogP contribution in [-0.2, 0) is 4.74 Å². The molecule has 0 bridgehead atoms. The molecule has 18 heavy (non-hydrogen) atoms. The summed E-state index contributed by atoms with van der Waals surface area (Å²) in [6.07, 6.45) is 4.99. The van der Waals surface area contributed by atoms with Crippen LogP contribution in [0.15, 0.2) is 5.16 Å². The lowest BCUT2D eigenvalue weighted by molar-refractivity contribution is 0.0779. The Balaban J connectivity index is 2.34. The van der Waals surface area contributed by atoms with Gasteiger partial charge in [0.1, 0.15) is 0 Å². The molecule has 0 saturated heterocycles. The summed E-state index contributed by atoms with van der Waals surface area (Å²) < 4.78 is 5.62. The number of ether oxygens (including phenoxy) is 1. The minimum Gasteiger partial charge on any atom is -0.409 e. The number of nitrogens with zero attached hydrogens (tertiary/aromatic N) is 2. The Labute approximate surface area is 110 Å². The lowest BCUT2D eigenvalue weighted by Gasteiger charge is -2.28. The Morgan fingerprint density at radius 3 is 2.67 bits per heavy atom. The van der Waals surface area contributed by atoms with E-state index in [1.54, 1.807) is 0 Å². The third-order valence-electron chi connectivity index (χ3n) is 3.31. The zero-order valence-electron chi connectivity index (χ0n) is 11.6. The molecule has 1 saturated carbocycles. The van der Waals surface area contributed by atoms with Gasteiger partial charge in [0, 0.05) is 19.2 Å². The molecule has 5 heteroatoms. The maximum Gasteiger partial charge on any atom is 0.153 e. The number of hydrogen-bond acceptors (Lipinski definition) is 4. The fraction of sp³-hybridized carbons (Fsp3) is 0.923. The Hall–Kier alpha value is -0.810. The Bertz CT molecular complexity index is 251. The summed E-state index contributed by atoms with van der Waals surface area (Å²) in [4.78, 5) is 2.28. The third-order valence-corrected chi connectivity index (χ3v) is 3.31. The smallest absolute Gasteiger partial charge is 0.153 e. The molecule has 0 radical (unpaired) electrons. The third kappa shape index (κ3) is 5.69. The number of oxime groups is 1. The predicted molar refractivity (Wildman–Crippen MR) is 72.9 cm³/mol. The first-order chi connectivity index (χ1) is 8.63. The van der Waals surface area contributed by atoms with E-state index in [0.717, 1.165) is 13.2 Å². The van der Waals surface area contributed by atoms with Crippen LogP contribution in [0.3, 0.4) is 0 Å².